The molecule has 1 unspecified atom stereocenters. The lowest BCUT2D eigenvalue weighted by molar-refractivity contribution is 0.591. The van der Waals surface area contributed by atoms with Crippen molar-refractivity contribution in [1.82, 2.24) is 4.98 Å². The Morgan fingerprint density at radius 3 is 2.41 bits per heavy atom. The summed E-state index contributed by atoms with van der Waals surface area (Å²) in [6.45, 7) is 10.9. The van der Waals surface area contributed by atoms with Gasteiger partial charge in [-0.05, 0) is 42.5 Å². The van der Waals surface area contributed by atoms with Gasteiger partial charge in [0.25, 0.3) is 0 Å². The number of aromatic amines is 1. The number of hydrogen-bond donors (Lipinski definition) is 2. The summed E-state index contributed by atoms with van der Waals surface area (Å²) in [6.07, 6.45) is 0. The molecule has 0 amide bonds. The number of rotatable bonds is 1. The molecule has 0 spiro atoms. The lowest BCUT2D eigenvalue weighted by Gasteiger charge is -2.19. The van der Waals surface area contributed by atoms with E-state index in [2.05, 4.69) is 50.9 Å². The van der Waals surface area contributed by atoms with Crippen LogP contribution >= 0.6 is 0 Å². The van der Waals surface area contributed by atoms with Gasteiger partial charge in [-0.25, -0.2) is 0 Å². The molecule has 92 valence electrons. The highest BCUT2D eigenvalue weighted by Gasteiger charge is 2.16. The summed E-state index contributed by atoms with van der Waals surface area (Å²) in [6, 6.07) is 6.70. The molecule has 1 heterocycles. The molecule has 0 saturated carbocycles. The predicted octanol–water partition coefficient (Wildman–Crippen LogP) is 3.79. The molecule has 1 aromatic heterocycles. The number of benzene rings is 1. The second-order valence-electron chi connectivity index (χ2n) is 5.96. The minimum absolute atomic E-state index is 0.0560. The summed E-state index contributed by atoms with van der Waals surface area (Å²) in [5.41, 5.74) is 11.1. The van der Waals surface area contributed by atoms with Crippen LogP contribution in [0.5, 0.6) is 0 Å². The number of nitrogens with two attached hydrogens (primary N) is 1. The monoisotopic (exact) mass is 230 g/mol. The fourth-order valence-corrected chi connectivity index (χ4v) is 2.27. The molecule has 0 fully saturated rings. The molecule has 2 aromatic rings. The van der Waals surface area contributed by atoms with Gasteiger partial charge in [0.2, 0.25) is 0 Å². The first-order valence-electron chi connectivity index (χ1n) is 6.19. The first-order valence-corrected chi connectivity index (χ1v) is 6.19. The van der Waals surface area contributed by atoms with Crippen LogP contribution in [0.1, 0.15) is 50.6 Å². The molecule has 1 aromatic carbocycles. The molecule has 17 heavy (non-hydrogen) atoms. The predicted molar refractivity (Wildman–Crippen MR) is 74.3 cm³/mol. The van der Waals surface area contributed by atoms with Crippen molar-refractivity contribution in [3.63, 3.8) is 0 Å². The van der Waals surface area contributed by atoms with Crippen LogP contribution in [0.4, 0.5) is 0 Å². The van der Waals surface area contributed by atoms with Crippen LogP contribution in [0.25, 0.3) is 10.9 Å². The maximum Gasteiger partial charge on any atom is 0.0459 e. The Labute approximate surface area is 103 Å². The van der Waals surface area contributed by atoms with E-state index in [4.69, 9.17) is 5.73 Å². The third-order valence-electron chi connectivity index (χ3n) is 3.42. The Bertz CT molecular complexity index is 542. The Kier molecular flexibility index (Phi) is 2.78. The molecule has 0 aliphatic rings. The van der Waals surface area contributed by atoms with Crippen LogP contribution in [0.2, 0.25) is 0 Å². The molecule has 2 heteroatoms. The molecule has 0 saturated heterocycles. The topological polar surface area (TPSA) is 41.8 Å². The van der Waals surface area contributed by atoms with Gasteiger partial charge in [-0.3, -0.25) is 0 Å². The molecule has 0 aliphatic carbocycles. The van der Waals surface area contributed by atoms with Gasteiger partial charge in [-0.1, -0.05) is 26.8 Å². The van der Waals surface area contributed by atoms with Crippen molar-refractivity contribution < 1.29 is 0 Å². The average molecular weight is 230 g/mol. The summed E-state index contributed by atoms with van der Waals surface area (Å²) < 4.78 is 0. The van der Waals surface area contributed by atoms with E-state index >= 15 is 0 Å². The lowest BCUT2D eigenvalue weighted by atomic mass is 9.86. The fourth-order valence-electron chi connectivity index (χ4n) is 2.27. The maximum atomic E-state index is 5.97. The third kappa shape index (κ3) is 2.09. The lowest BCUT2D eigenvalue weighted by Crippen LogP contribution is -2.10. The molecule has 0 radical (unpaired) electrons. The Morgan fingerprint density at radius 1 is 1.24 bits per heavy atom. The summed E-state index contributed by atoms with van der Waals surface area (Å²) in [7, 11) is 0. The van der Waals surface area contributed by atoms with Crippen LogP contribution in [0, 0.1) is 6.92 Å². The van der Waals surface area contributed by atoms with Crippen molar-refractivity contribution >= 4 is 10.9 Å². The van der Waals surface area contributed by atoms with Crippen molar-refractivity contribution in [2.75, 3.05) is 0 Å². The number of aryl methyl sites for hydroxylation is 1. The molecule has 0 aliphatic heterocycles. The van der Waals surface area contributed by atoms with Crippen LogP contribution in [0.3, 0.4) is 0 Å². The number of H-pyrrole nitrogens is 1. The Balaban J connectivity index is 2.66. The standard InChI is InChI=1S/C15H22N2/c1-9-12-8-11(15(3,4)5)6-7-13(12)17-14(9)10(2)16/h6-8,10,17H,16H2,1-5H3. The Morgan fingerprint density at radius 2 is 1.88 bits per heavy atom. The normalized spacial score (nSPS) is 14.2. The van der Waals surface area contributed by atoms with Gasteiger partial charge in [0.15, 0.2) is 0 Å². The van der Waals surface area contributed by atoms with E-state index in [0.717, 1.165) is 5.69 Å². The molecule has 1 atom stereocenters. The van der Waals surface area contributed by atoms with Gasteiger partial charge in [-0.2, -0.15) is 0 Å². The van der Waals surface area contributed by atoms with Gasteiger partial charge < -0.3 is 10.7 Å². The van der Waals surface area contributed by atoms with Crippen molar-refractivity contribution in [3.05, 3.63) is 35.0 Å². The highest BCUT2D eigenvalue weighted by atomic mass is 14.8. The van der Waals surface area contributed by atoms with Crippen LogP contribution < -0.4 is 5.73 Å². The van der Waals surface area contributed by atoms with Crippen molar-refractivity contribution in [2.45, 2.75) is 46.1 Å². The van der Waals surface area contributed by atoms with E-state index in [0.29, 0.717) is 0 Å². The average Bonchev–Trinajstić information content (AvgIpc) is 2.54. The largest absolute Gasteiger partial charge is 0.357 e. The van der Waals surface area contributed by atoms with E-state index in [1.165, 1.54) is 22.0 Å². The molecular formula is C15H22N2. The van der Waals surface area contributed by atoms with Crippen molar-refractivity contribution in [3.8, 4) is 0 Å². The van der Waals surface area contributed by atoms with Gasteiger partial charge in [0.1, 0.15) is 0 Å². The van der Waals surface area contributed by atoms with Gasteiger partial charge in [-0.15, -0.1) is 0 Å². The zero-order chi connectivity index (χ0) is 12.8. The number of hydrogen-bond acceptors (Lipinski definition) is 1. The van der Waals surface area contributed by atoms with Crippen LogP contribution in [-0.4, -0.2) is 4.98 Å². The summed E-state index contributed by atoms with van der Waals surface area (Å²) >= 11 is 0. The minimum atomic E-state index is 0.0560. The second-order valence-corrected chi connectivity index (χ2v) is 5.96. The SMILES string of the molecule is Cc1c(C(C)N)[nH]c2ccc(C(C)(C)C)cc12. The second kappa shape index (κ2) is 3.88. The summed E-state index contributed by atoms with van der Waals surface area (Å²) in [4.78, 5) is 3.42. The third-order valence-corrected chi connectivity index (χ3v) is 3.42. The van der Waals surface area contributed by atoms with E-state index in [-0.39, 0.29) is 11.5 Å². The van der Waals surface area contributed by atoms with E-state index < -0.39 is 0 Å². The van der Waals surface area contributed by atoms with Crippen molar-refractivity contribution in [1.29, 1.82) is 0 Å². The van der Waals surface area contributed by atoms with Crippen LogP contribution in [-0.2, 0) is 5.41 Å². The molecule has 2 nitrogen and oxygen atoms in total. The van der Waals surface area contributed by atoms with Gasteiger partial charge in [0, 0.05) is 22.6 Å². The van der Waals surface area contributed by atoms with Crippen LogP contribution in [0.15, 0.2) is 18.2 Å². The highest BCUT2D eigenvalue weighted by Crippen LogP contribution is 2.30. The quantitative estimate of drug-likeness (QED) is 0.769. The number of aromatic nitrogens is 1. The highest BCUT2D eigenvalue weighted by molar-refractivity contribution is 5.85. The summed E-state index contributed by atoms with van der Waals surface area (Å²) in [5.74, 6) is 0. The van der Waals surface area contributed by atoms with E-state index in [1.807, 2.05) is 6.92 Å². The maximum absolute atomic E-state index is 5.97. The minimum Gasteiger partial charge on any atom is -0.357 e. The first-order chi connectivity index (χ1) is 7.80. The number of nitrogens with one attached hydrogen (secondary N) is 1. The molecule has 0 bridgehead atoms. The smallest absolute Gasteiger partial charge is 0.0459 e. The van der Waals surface area contributed by atoms with Gasteiger partial charge in [0.05, 0.1) is 0 Å². The zero-order valence-corrected chi connectivity index (χ0v) is 11.4. The fraction of sp³-hybridized carbons (Fsp3) is 0.467. The van der Waals surface area contributed by atoms with E-state index in [9.17, 15) is 0 Å². The van der Waals surface area contributed by atoms with Crippen molar-refractivity contribution in [2.24, 2.45) is 5.73 Å². The van der Waals surface area contributed by atoms with Gasteiger partial charge >= 0.3 is 0 Å². The molecule has 2 rings (SSSR count). The molecule has 3 N–H and O–H groups in total. The van der Waals surface area contributed by atoms with E-state index in [1.54, 1.807) is 0 Å². The summed E-state index contributed by atoms with van der Waals surface area (Å²) in [5, 5.41) is 1.30. The first kappa shape index (κ1) is 12.2. The zero-order valence-electron chi connectivity index (χ0n) is 11.4. The number of fused-ring (bicyclic) bond motifs is 1. The molecular weight excluding hydrogens is 208 g/mol. The Hall–Kier alpha value is -1.28.